The number of amides is 2. The number of rotatable bonds is 19. The van der Waals surface area contributed by atoms with E-state index in [4.69, 9.17) is 0 Å². The molecule has 2 amide bonds. The number of hydrogen-bond acceptors (Lipinski definition) is 2. The predicted octanol–water partition coefficient (Wildman–Crippen LogP) is 6.22. The van der Waals surface area contributed by atoms with E-state index in [0.29, 0.717) is 12.0 Å². The van der Waals surface area contributed by atoms with Gasteiger partial charge in [0.2, 0.25) is 11.8 Å². The zero-order valence-electron chi connectivity index (χ0n) is 19.4. The smallest absolute Gasteiger partial charge is 0.246 e. The van der Waals surface area contributed by atoms with Gasteiger partial charge in [0.05, 0.1) is 0 Å². The molecule has 0 aromatic carbocycles. The van der Waals surface area contributed by atoms with E-state index < -0.39 is 0 Å². The lowest BCUT2D eigenvalue weighted by atomic mass is 9.86. The molecule has 4 heteroatoms. The van der Waals surface area contributed by atoms with Crippen molar-refractivity contribution < 1.29 is 9.59 Å². The van der Waals surface area contributed by atoms with E-state index in [9.17, 15) is 9.59 Å². The molecule has 29 heavy (non-hydrogen) atoms. The van der Waals surface area contributed by atoms with E-state index in [2.05, 4.69) is 37.6 Å². The van der Waals surface area contributed by atoms with Crippen LogP contribution in [0.1, 0.15) is 111 Å². The summed E-state index contributed by atoms with van der Waals surface area (Å²) >= 11 is 0. The Balaban J connectivity index is 3.64. The standard InChI is InChI=1S/C25H46N2O2/c1-6-19-23(28)26-21-18-16-14-12-10-9-11-13-15-17-20-25(7-2,8-3)27-24(29)22(4)5/h6H,1,4,7-21H2,2-3,5H3,(H,26,28)(H,27,29). The summed E-state index contributed by atoms with van der Waals surface area (Å²) < 4.78 is 0. The third-order valence-electron chi connectivity index (χ3n) is 5.85. The minimum Gasteiger partial charge on any atom is -0.356 e. The van der Waals surface area contributed by atoms with Crippen LogP contribution < -0.4 is 10.6 Å². The van der Waals surface area contributed by atoms with Crippen molar-refractivity contribution in [1.82, 2.24) is 10.6 Å². The van der Waals surface area contributed by atoms with Gasteiger partial charge in [-0.05, 0) is 32.6 Å². The van der Waals surface area contributed by atoms with Crippen LogP contribution in [0.4, 0.5) is 0 Å². The van der Waals surface area contributed by atoms with Crippen molar-refractivity contribution in [2.45, 2.75) is 116 Å². The quantitative estimate of drug-likeness (QED) is 0.152. The summed E-state index contributed by atoms with van der Waals surface area (Å²) in [5, 5.41) is 6.13. The van der Waals surface area contributed by atoms with Crippen molar-refractivity contribution in [3.63, 3.8) is 0 Å². The second-order valence-corrected chi connectivity index (χ2v) is 8.35. The fraction of sp³-hybridized carbons (Fsp3) is 0.760. The Morgan fingerprint density at radius 2 is 1.34 bits per heavy atom. The van der Waals surface area contributed by atoms with Crippen molar-refractivity contribution in [3.8, 4) is 0 Å². The minimum absolute atomic E-state index is 0.00663. The first-order valence-corrected chi connectivity index (χ1v) is 11.8. The molecular formula is C25H46N2O2. The van der Waals surface area contributed by atoms with E-state index >= 15 is 0 Å². The molecule has 0 aromatic heterocycles. The highest BCUT2D eigenvalue weighted by molar-refractivity contribution is 5.92. The van der Waals surface area contributed by atoms with Crippen LogP contribution >= 0.6 is 0 Å². The van der Waals surface area contributed by atoms with Gasteiger partial charge in [0.25, 0.3) is 0 Å². The van der Waals surface area contributed by atoms with E-state index in [1.54, 1.807) is 13.0 Å². The van der Waals surface area contributed by atoms with Gasteiger partial charge in [-0.3, -0.25) is 9.59 Å². The SMILES string of the molecule is C=CCC(=O)NCCCCCCCCCCCCC(CC)(CC)NC(=O)C(=C)C. The first-order valence-electron chi connectivity index (χ1n) is 11.8. The van der Waals surface area contributed by atoms with Gasteiger partial charge in [-0.25, -0.2) is 0 Å². The Bertz CT molecular complexity index is 481. The van der Waals surface area contributed by atoms with E-state index in [-0.39, 0.29) is 17.4 Å². The van der Waals surface area contributed by atoms with Crippen molar-refractivity contribution in [2.24, 2.45) is 0 Å². The normalized spacial score (nSPS) is 11.1. The van der Waals surface area contributed by atoms with Gasteiger partial charge in [-0.15, -0.1) is 6.58 Å². The van der Waals surface area contributed by atoms with Crippen LogP contribution in [0.25, 0.3) is 0 Å². The highest BCUT2D eigenvalue weighted by Crippen LogP contribution is 2.24. The van der Waals surface area contributed by atoms with Crippen molar-refractivity contribution >= 4 is 11.8 Å². The number of carbonyl (C=O) groups excluding carboxylic acids is 2. The van der Waals surface area contributed by atoms with Crippen molar-refractivity contribution in [2.75, 3.05) is 6.54 Å². The van der Waals surface area contributed by atoms with Gasteiger partial charge in [0.1, 0.15) is 0 Å². The summed E-state index contributed by atoms with van der Waals surface area (Å²) in [6.45, 7) is 14.2. The fourth-order valence-corrected chi connectivity index (χ4v) is 3.62. The summed E-state index contributed by atoms with van der Waals surface area (Å²) in [5.41, 5.74) is 0.523. The monoisotopic (exact) mass is 406 g/mol. The molecule has 0 atom stereocenters. The lowest BCUT2D eigenvalue weighted by Crippen LogP contribution is -2.47. The maximum atomic E-state index is 12.0. The molecule has 0 bridgehead atoms. The third-order valence-corrected chi connectivity index (χ3v) is 5.85. The molecule has 4 nitrogen and oxygen atoms in total. The summed E-state index contributed by atoms with van der Waals surface area (Å²) in [6.07, 6.45) is 17.5. The Kier molecular flexibility index (Phi) is 16.4. The molecular weight excluding hydrogens is 360 g/mol. The van der Waals surface area contributed by atoms with E-state index in [0.717, 1.165) is 32.2 Å². The Morgan fingerprint density at radius 3 is 1.79 bits per heavy atom. The van der Waals surface area contributed by atoms with Gasteiger partial charge in [0, 0.05) is 24.1 Å². The maximum absolute atomic E-state index is 12.0. The first-order chi connectivity index (χ1) is 13.9. The molecule has 0 radical (unpaired) electrons. The van der Waals surface area contributed by atoms with Crippen LogP contribution in [0.5, 0.6) is 0 Å². The summed E-state index contributed by atoms with van der Waals surface area (Å²) in [4.78, 5) is 23.3. The molecule has 0 aliphatic carbocycles. The van der Waals surface area contributed by atoms with Crippen molar-refractivity contribution in [3.05, 3.63) is 24.8 Å². The third kappa shape index (κ3) is 14.1. The molecule has 0 aliphatic rings. The molecule has 168 valence electrons. The number of carbonyl (C=O) groups is 2. The molecule has 0 rings (SSSR count). The van der Waals surface area contributed by atoms with E-state index in [1.165, 1.54) is 57.8 Å². The average molecular weight is 407 g/mol. The van der Waals surface area contributed by atoms with Crippen LogP contribution in [0.15, 0.2) is 24.8 Å². The van der Waals surface area contributed by atoms with Gasteiger partial charge in [0.15, 0.2) is 0 Å². The Hall–Kier alpha value is -1.58. The topological polar surface area (TPSA) is 58.2 Å². The lowest BCUT2D eigenvalue weighted by Gasteiger charge is -2.33. The van der Waals surface area contributed by atoms with Crippen LogP contribution in [-0.4, -0.2) is 23.9 Å². The van der Waals surface area contributed by atoms with E-state index in [1.807, 2.05) is 0 Å². The lowest BCUT2D eigenvalue weighted by molar-refractivity contribution is -0.120. The highest BCUT2D eigenvalue weighted by atomic mass is 16.2. The fourth-order valence-electron chi connectivity index (χ4n) is 3.62. The van der Waals surface area contributed by atoms with Crippen LogP contribution in [0.3, 0.4) is 0 Å². The summed E-state index contributed by atoms with van der Waals surface area (Å²) in [5.74, 6) is 0.0705. The average Bonchev–Trinajstić information content (AvgIpc) is 2.70. The second kappa shape index (κ2) is 17.3. The Labute approximate surface area is 180 Å². The largest absolute Gasteiger partial charge is 0.356 e. The molecule has 2 N–H and O–H groups in total. The molecule has 0 aromatic rings. The first kappa shape index (κ1) is 27.4. The molecule has 0 saturated heterocycles. The van der Waals surface area contributed by atoms with Gasteiger partial charge in [-0.1, -0.05) is 84.3 Å². The molecule has 0 saturated carbocycles. The molecule has 0 fully saturated rings. The summed E-state index contributed by atoms with van der Waals surface area (Å²) in [6, 6.07) is 0. The second-order valence-electron chi connectivity index (χ2n) is 8.35. The maximum Gasteiger partial charge on any atom is 0.246 e. The van der Waals surface area contributed by atoms with Crippen LogP contribution in [0.2, 0.25) is 0 Å². The molecule has 0 aliphatic heterocycles. The number of nitrogens with one attached hydrogen (secondary N) is 2. The molecule has 0 unspecified atom stereocenters. The van der Waals surface area contributed by atoms with Crippen LogP contribution in [-0.2, 0) is 9.59 Å². The Morgan fingerprint density at radius 1 is 0.862 bits per heavy atom. The number of unbranched alkanes of at least 4 members (excludes halogenated alkanes) is 9. The van der Waals surface area contributed by atoms with Gasteiger partial charge >= 0.3 is 0 Å². The molecule has 0 spiro atoms. The number of hydrogen-bond donors (Lipinski definition) is 2. The summed E-state index contributed by atoms with van der Waals surface area (Å²) in [7, 11) is 0. The highest BCUT2D eigenvalue weighted by Gasteiger charge is 2.27. The zero-order valence-corrected chi connectivity index (χ0v) is 19.4. The van der Waals surface area contributed by atoms with Crippen LogP contribution in [0, 0.1) is 0 Å². The molecule has 0 heterocycles. The zero-order chi connectivity index (χ0) is 22.0. The van der Waals surface area contributed by atoms with Crippen molar-refractivity contribution in [1.29, 1.82) is 0 Å². The minimum atomic E-state index is -0.0683. The van der Waals surface area contributed by atoms with Gasteiger partial charge < -0.3 is 10.6 Å². The predicted molar refractivity (Wildman–Crippen MR) is 125 cm³/mol. The van der Waals surface area contributed by atoms with Gasteiger partial charge in [-0.2, -0.15) is 0 Å².